The molecule has 0 aromatic heterocycles. The van der Waals surface area contributed by atoms with E-state index in [4.69, 9.17) is 10.5 Å². The minimum Gasteiger partial charge on any atom is -0.491 e. The molecule has 0 radical (unpaired) electrons. The lowest BCUT2D eigenvalue weighted by Crippen LogP contribution is -2.45. The van der Waals surface area contributed by atoms with Gasteiger partial charge in [0.1, 0.15) is 0 Å². The Morgan fingerprint density at radius 3 is 2.95 bits per heavy atom. The second-order valence-corrected chi connectivity index (χ2v) is 5.24. The number of aliphatic hydroxyl groups excluding tert-OH is 1. The van der Waals surface area contributed by atoms with Gasteiger partial charge in [-0.25, -0.2) is 0 Å². The number of hydrogen-bond acceptors (Lipinski definition) is 4. The number of ether oxygens (including phenoxy) is 1. The lowest BCUT2D eigenvalue weighted by Gasteiger charge is -2.34. The Labute approximate surface area is 119 Å². The van der Waals surface area contributed by atoms with Crippen molar-refractivity contribution in [2.24, 2.45) is 5.92 Å². The molecular weight excluding hydrogens is 256 g/mol. The van der Waals surface area contributed by atoms with Crippen LogP contribution in [0, 0.1) is 5.92 Å². The summed E-state index contributed by atoms with van der Waals surface area (Å²) in [6.07, 6.45) is 0.283. The third-order valence-electron chi connectivity index (χ3n) is 3.71. The van der Waals surface area contributed by atoms with Crippen molar-refractivity contribution in [3.63, 3.8) is 0 Å². The van der Waals surface area contributed by atoms with Crippen molar-refractivity contribution in [3.05, 3.63) is 23.8 Å². The fraction of sp³-hybridized carbons (Fsp3) is 0.533. The predicted molar refractivity (Wildman–Crippen MR) is 77.7 cm³/mol. The molecule has 2 rings (SSSR count). The fourth-order valence-electron chi connectivity index (χ4n) is 2.52. The summed E-state index contributed by atoms with van der Waals surface area (Å²) in [5.74, 6) is 0.461. The van der Waals surface area contributed by atoms with Crippen LogP contribution in [0.5, 0.6) is 5.75 Å². The largest absolute Gasteiger partial charge is 0.491 e. The standard InChI is InChI=1S/C15H22N2O3/c1-3-20-14-11(5-4-6-12(14)16)15(19)17-8-7-13(18)10(2)9-17/h4-6,10,13,18H,3,7-9,16H2,1-2H3. The van der Waals surface area contributed by atoms with Crippen molar-refractivity contribution in [1.82, 2.24) is 4.90 Å². The van der Waals surface area contributed by atoms with Crippen LogP contribution < -0.4 is 10.5 Å². The van der Waals surface area contributed by atoms with Gasteiger partial charge >= 0.3 is 0 Å². The van der Waals surface area contributed by atoms with Gasteiger partial charge < -0.3 is 20.5 Å². The van der Waals surface area contributed by atoms with E-state index in [0.717, 1.165) is 0 Å². The van der Waals surface area contributed by atoms with E-state index in [2.05, 4.69) is 0 Å². The van der Waals surface area contributed by atoms with E-state index in [-0.39, 0.29) is 17.9 Å². The first-order chi connectivity index (χ1) is 9.54. The Morgan fingerprint density at radius 1 is 1.55 bits per heavy atom. The Balaban J connectivity index is 2.23. The van der Waals surface area contributed by atoms with Crippen LogP contribution in [-0.4, -0.2) is 41.7 Å². The maximum absolute atomic E-state index is 12.6. The number of carbonyl (C=O) groups is 1. The van der Waals surface area contributed by atoms with Gasteiger partial charge in [-0.3, -0.25) is 4.79 Å². The van der Waals surface area contributed by atoms with Crippen LogP contribution >= 0.6 is 0 Å². The number of amides is 1. The Kier molecular flexibility index (Phi) is 4.49. The van der Waals surface area contributed by atoms with Crippen LogP contribution in [0.1, 0.15) is 30.6 Å². The first-order valence-corrected chi connectivity index (χ1v) is 7.03. The molecule has 1 aliphatic heterocycles. The van der Waals surface area contributed by atoms with Gasteiger partial charge in [-0.05, 0) is 31.4 Å². The van der Waals surface area contributed by atoms with E-state index in [1.165, 1.54) is 0 Å². The number of hydrogen-bond donors (Lipinski definition) is 2. The van der Waals surface area contributed by atoms with E-state index in [9.17, 15) is 9.90 Å². The van der Waals surface area contributed by atoms with Gasteiger partial charge in [-0.2, -0.15) is 0 Å². The first-order valence-electron chi connectivity index (χ1n) is 7.03. The van der Waals surface area contributed by atoms with Crippen molar-refractivity contribution in [2.45, 2.75) is 26.4 Å². The molecule has 0 bridgehead atoms. The number of nitrogens with two attached hydrogens (primary N) is 1. The van der Waals surface area contributed by atoms with E-state index in [1.807, 2.05) is 13.8 Å². The number of carbonyl (C=O) groups excluding carboxylic acids is 1. The van der Waals surface area contributed by atoms with E-state index >= 15 is 0 Å². The molecular formula is C15H22N2O3. The number of aliphatic hydroxyl groups is 1. The molecule has 1 aromatic carbocycles. The summed E-state index contributed by atoms with van der Waals surface area (Å²) in [4.78, 5) is 14.4. The normalized spacial score (nSPS) is 22.6. The summed E-state index contributed by atoms with van der Waals surface area (Å²) >= 11 is 0. The highest BCUT2D eigenvalue weighted by Gasteiger charge is 2.29. The lowest BCUT2D eigenvalue weighted by molar-refractivity contribution is 0.0295. The van der Waals surface area contributed by atoms with Gasteiger partial charge in [0.2, 0.25) is 0 Å². The van der Waals surface area contributed by atoms with Gasteiger partial charge in [0.25, 0.3) is 5.91 Å². The molecule has 1 heterocycles. The molecule has 2 atom stereocenters. The van der Waals surface area contributed by atoms with Gasteiger partial charge in [0.05, 0.1) is 24.0 Å². The number of nitrogen functional groups attached to an aromatic ring is 1. The smallest absolute Gasteiger partial charge is 0.257 e. The number of likely N-dealkylation sites (tertiary alicyclic amines) is 1. The number of benzene rings is 1. The molecule has 1 saturated heterocycles. The third kappa shape index (κ3) is 2.88. The van der Waals surface area contributed by atoms with Crippen LogP contribution in [0.2, 0.25) is 0 Å². The molecule has 0 aliphatic carbocycles. The van der Waals surface area contributed by atoms with E-state index in [1.54, 1.807) is 23.1 Å². The summed E-state index contributed by atoms with van der Waals surface area (Å²) in [5.41, 5.74) is 6.86. The summed E-state index contributed by atoms with van der Waals surface area (Å²) in [7, 11) is 0. The Hall–Kier alpha value is -1.75. The summed E-state index contributed by atoms with van der Waals surface area (Å²) in [5, 5.41) is 9.75. The topological polar surface area (TPSA) is 75.8 Å². The van der Waals surface area contributed by atoms with Gasteiger partial charge in [0.15, 0.2) is 5.75 Å². The van der Waals surface area contributed by atoms with Gasteiger partial charge in [0, 0.05) is 13.1 Å². The van der Waals surface area contributed by atoms with Crippen LogP contribution in [0.4, 0.5) is 5.69 Å². The number of piperidine rings is 1. The maximum atomic E-state index is 12.6. The highest BCUT2D eigenvalue weighted by molar-refractivity contribution is 5.98. The maximum Gasteiger partial charge on any atom is 0.257 e. The van der Waals surface area contributed by atoms with Crippen LogP contribution in [-0.2, 0) is 0 Å². The van der Waals surface area contributed by atoms with Crippen LogP contribution in [0.3, 0.4) is 0 Å². The van der Waals surface area contributed by atoms with Crippen molar-refractivity contribution >= 4 is 11.6 Å². The zero-order chi connectivity index (χ0) is 14.7. The Bertz CT molecular complexity index is 490. The first kappa shape index (κ1) is 14.7. The second-order valence-electron chi connectivity index (χ2n) is 5.24. The minimum absolute atomic E-state index is 0.0838. The predicted octanol–water partition coefficient (Wildman–Crippen LogP) is 1.51. The molecule has 0 saturated carbocycles. The fourth-order valence-corrected chi connectivity index (χ4v) is 2.52. The highest BCUT2D eigenvalue weighted by Crippen LogP contribution is 2.29. The Morgan fingerprint density at radius 2 is 2.30 bits per heavy atom. The average molecular weight is 278 g/mol. The van der Waals surface area contributed by atoms with Crippen LogP contribution in [0.25, 0.3) is 0 Å². The minimum atomic E-state index is -0.328. The number of rotatable bonds is 3. The molecule has 5 nitrogen and oxygen atoms in total. The number of nitrogens with zero attached hydrogens (tertiary/aromatic N) is 1. The zero-order valence-corrected chi connectivity index (χ0v) is 12.0. The molecule has 3 N–H and O–H groups in total. The van der Waals surface area contributed by atoms with E-state index in [0.29, 0.717) is 43.1 Å². The quantitative estimate of drug-likeness (QED) is 0.822. The third-order valence-corrected chi connectivity index (χ3v) is 3.71. The number of para-hydroxylation sites is 1. The van der Waals surface area contributed by atoms with Gasteiger partial charge in [-0.15, -0.1) is 0 Å². The molecule has 20 heavy (non-hydrogen) atoms. The summed E-state index contributed by atoms with van der Waals surface area (Å²) in [6.45, 7) is 5.39. The molecule has 1 aromatic rings. The van der Waals surface area contributed by atoms with Crippen molar-refractivity contribution in [3.8, 4) is 5.75 Å². The highest BCUT2D eigenvalue weighted by atomic mass is 16.5. The average Bonchev–Trinajstić information content (AvgIpc) is 2.43. The SMILES string of the molecule is CCOc1c(N)cccc1C(=O)N1CCC(O)C(C)C1. The molecule has 110 valence electrons. The molecule has 5 heteroatoms. The summed E-state index contributed by atoms with van der Waals surface area (Å²) < 4.78 is 5.51. The van der Waals surface area contributed by atoms with Crippen molar-refractivity contribution in [2.75, 3.05) is 25.4 Å². The lowest BCUT2D eigenvalue weighted by atomic mass is 9.96. The van der Waals surface area contributed by atoms with Gasteiger partial charge in [-0.1, -0.05) is 13.0 Å². The van der Waals surface area contributed by atoms with Crippen LogP contribution in [0.15, 0.2) is 18.2 Å². The molecule has 1 amide bonds. The zero-order valence-electron chi connectivity index (χ0n) is 12.0. The second kappa shape index (κ2) is 6.13. The number of anilines is 1. The molecule has 1 fully saturated rings. The van der Waals surface area contributed by atoms with E-state index < -0.39 is 0 Å². The molecule has 1 aliphatic rings. The monoisotopic (exact) mass is 278 g/mol. The van der Waals surface area contributed by atoms with Crippen molar-refractivity contribution in [1.29, 1.82) is 0 Å². The molecule has 2 unspecified atom stereocenters. The van der Waals surface area contributed by atoms with Crippen molar-refractivity contribution < 1.29 is 14.6 Å². The molecule has 0 spiro atoms. The summed E-state index contributed by atoms with van der Waals surface area (Å²) in [6, 6.07) is 5.22.